The Balaban J connectivity index is 3.09. The Morgan fingerprint density at radius 3 is 2.50 bits per heavy atom. The summed E-state index contributed by atoms with van der Waals surface area (Å²) < 4.78 is 22.8. The van der Waals surface area contributed by atoms with Gasteiger partial charge in [0, 0.05) is 4.47 Å². The lowest BCUT2D eigenvalue weighted by Crippen LogP contribution is -2.15. The first-order valence-corrected chi connectivity index (χ1v) is 6.71. The highest BCUT2D eigenvalue weighted by molar-refractivity contribution is 9.10. The van der Waals surface area contributed by atoms with E-state index in [0.717, 1.165) is 22.0 Å². The SMILES string of the molecule is CCc1cc(Br)ccc1CS(N)(=O)=O. The third-order valence-corrected chi connectivity index (χ3v) is 3.11. The molecule has 5 heteroatoms. The minimum absolute atomic E-state index is 0.0938. The van der Waals surface area contributed by atoms with Crippen molar-refractivity contribution >= 4 is 26.0 Å². The molecular weight excluding hydrogens is 266 g/mol. The van der Waals surface area contributed by atoms with Crippen LogP contribution in [0.1, 0.15) is 18.1 Å². The second kappa shape index (κ2) is 4.42. The van der Waals surface area contributed by atoms with Crippen molar-refractivity contribution in [1.29, 1.82) is 0 Å². The van der Waals surface area contributed by atoms with Crippen molar-refractivity contribution in [1.82, 2.24) is 0 Å². The van der Waals surface area contributed by atoms with Gasteiger partial charge in [0.25, 0.3) is 0 Å². The van der Waals surface area contributed by atoms with Crippen LogP contribution in [0.3, 0.4) is 0 Å². The molecule has 0 amide bonds. The van der Waals surface area contributed by atoms with E-state index in [0.29, 0.717) is 0 Å². The molecule has 1 rings (SSSR count). The van der Waals surface area contributed by atoms with Gasteiger partial charge in [0.15, 0.2) is 0 Å². The predicted octanol–water partition coefficient (Wildman–Crippen LogP) is 1.80. The van der Waals surface area contributed by atoms with Crippen LogP contribution in [-0.4, -0.2) is 8.42 Å². The molecule has 3 nitrogen and oxygen atoms in total. The first-order chi connectivity index (χ1) is 6.42. The molecule has 0 radical (unpaired) electrons. The smallest absolute Gasteiger partial charge is 0.213 e. The number of nitrogens with two attached hydrogens (primary N) is 1. The molecular formula is C9H12BrNO2S. The Morgan fingerprint density at radius 1 is 1.36 bits per heavy atom. The second-order valence-electron chi connectivity index (χ2n) is 3.07. The molecule has 0 saturated heterocycles. The van der Waals surface area contributed by atoms with Gasteiger partial charge in [0.2, 0.25) is 10.0 Å². The molecule has 0 aliphatic carbocycles. The fourth-order valence-electron chi connectivity index (χ4n) is 1.28. The molecule has 0 bridgehead atoms. The summed E-state index contributed by atoms with van der Waals surface area (Å²) in [5.74, 6) is -0.0938. The molecule has 0 fully saturated rings. The first-order valence-electron chi connectivity index (χ1n) is 4.20. The number of halogens is 1. The molecule has 0 spiro atoms. The zero-order valence-corrected chi connectivity index (χ0v) is 10.2. The number of sulfonamides is 1. The maximum absolute atomic E-state index is 10.9. The zero-order valence-electron chi connectivity index (χ0n) is 7.83. The van der Waals surface area contributed by atoms with Gasteiger partial charge in [-0.1, -0.05) is 28.9 Å². The number of primary sulfonamides is 1. The second-order valence-corrected chi connectivity index (χ2v) is 5.60. The van der Waals surface area contributed by atoms with Crippen molar-refractivity contribution in [2.24, 2.45) is 5.14 Å². The van der Waals surface area contributed by atoms with Crippen molar-refractivity contribution in [3.05, 3.63) is 33.8 Å². The normalized spacial score (nSPS) is 11.6. The Bertz CT molecular complexity index is 428. The van der Waals surface area contributed by atoms with E-state index in [1.165, 1.54) is 0 Å². The van der Waals surface area contributed by atoms with E-state index in [2.05, 4.69) is 15.9 Å². The van der Waals surface area contributed by atoms with E-state index in [1.54, 1.807) is 6.07 Å². The fourth-order valence-corrected chi connectivity index (χ4v) is 2.40. The van der Waals surface area contributed by atoms with E-state index < -0.39 is 10.0 Å². The van der Waals surface area contributed by atoms with E-state index in [-0.39, 0.29) is 5.75 Å². The molecule has 0 aliphatic heterocycles. The monoisotopic (exact) mass is 277 g/mol. The number of hydrogen-bond acceptors (Lipinski definition) is 2. The molecule has 14 heavy (non-hydrogen) atoms. The van der Waals surface area contributed by atoms with E-state index in [9.17, 15) is 8.42 Å². The summed E-state index contributed by atoms with van der Waals surface area (Å²) in [4.78, 5) is 0. The van der Waals surface area contributed by atoms with Gasteiger partial charge in [-0.15, -0.1) is 0 Å². The van der Waals surface area contributed by atoms with Crippen LogP contribution in [-0.2, 0) is 22.2 Å². The summed E-state index contributed by atoms with van der Waals surface area (Å²) >= 11 is 3.34. The summed E-state index contributed by atoms with van der Waals surface area (Å²) in [5, 5.41) is 4.99. The van der Waals surface area contributed by atoms with E-state index in [4.69, 9.17) is 5.14 Å². The highest BCUT2D eigenvalue weighted by Crippen LogP contribution is 2.18. The highest BCUT2D eigenvalue weighted by atomic mass is 79.9. The lowest BCUT2D eigenvalue weighted by molar-refractivity contribution is 0.597. The molecule has 1 aromatic rings. The Morgan fingerprint density at radius 2 is 2.00 bits per heavy atom. The van der Waals surface area contributed by atoms with Crippen LogP contribution < -0.4 is 5.14 Å². The van der Waals surface area contributed by atoms with Crippen molar-refractivity contribution in [3.8, 4) is 0 Å². The van der Waals surface area contributed by atoms with Crippen LogP contribution in [0.25, 0.3) is 0 Å². The Hall–Kier alpha value is -0.390. The number of hydrogen-bond donors (Lipinski definition) is 1. The van der Waals surface area contributed by atoms with Gasteiger partial charge in [-0.3, -0.25) is 0 Å². The summed E-state index contributed by atoms with van der Waals surface area (Å²) in [6.07, 6.45) is 0.796. The van der Waals surface area contributed by atoms with Gasteiger partial charge in [0.05, 0.1) is 5.75 Å². The van der Waals surface area contributed by atoms with Gasteiger partial charge in [-0.2, -0.15) is 0 Å². The summed E-state index contributed by atoms with van der Waals surface area (Å²) in [5.41, 5.74) is 1.78. The topological polar surface area (TPSA) is 60.2 Å². The van der Waals surface area contributed by atoms with Crippen LogP contribution in [0.4, 0.5) is 0 Å². The van der Waals surface area contributed by atoms with Gasteiger partial charge < -0.3 is 0 Å². The average molecular weight is 278 g/mol. The predicted molar refractivity (Wildman–Crippen MR) is 60.3 cm³/mol. The van der Waals surface area contributed by atoms with Crippen LogP contribution in [0, 0.1) is 0 Å². The Labute approximate surface area is 92.5 Å². The molecule has 2 N–H and O–H groups in total. The molecule has 0 aliphatic rings. The first kappa shape index (κ1) is 11.7. The molecule has 0 heterocycles. The molecule has 0 atom stereocenters. The molecule has 0 saturated carbocycles. The van der Waals surface area contributed by atoms with Crippen LogP contribution in [0.15, 0.2) is 22.7 Å². The maximum Gasteiger partial charge on any atom is 0.213 e. The van der Waals surface area contributed by atoms with Crippen LogP contribution in [0.2, 0.25) is 0 Å². The third-order valence-electron chi connectivity index (χ3n) is 1.91. The third kappa shape index (κ3) is 3.40. The lowest BCUT2D eigenvalue weighted by Gasteiger charge is -2.06. The standard InChI is InChI=1S/C9H12BrNO2S/c1-2-7-5-9(10)4-3-8(7)6-14(11,12)13/h3-5H,2,6H2,1H3,(H2,11,12,13). The van der Waals surface area contributed by atoms with Crippen molar-refractivity contribution < 1.29 is 8.42 Å². The fraction of sp³-hybridized carbons (Fsp3) is 0.333. The van der Waals surface area contributed by atoms with Crippen LogP contribution >= 0.6 is 15.9 Å². The minimum atomic E-state index is -3.44. The maximum atomic E-state index is 10.9. The number of aryl methyl sites for hydroxylation is 1. The van der Waals surface area contributed by atoms with Crippen molar-refractivity contribution in [2.75, 3.05) is 0 Å². The van der Waals surface area contributed by atoms with Gasteiger partial charge in [0.1, 0.15) is 0 Å². The summed E-state index contributed by atoms with van der Waals surface area (Å²) in [6.45, 7) is 1.98. The van der Waals surface area contributed by atoms with Gasteiger partial charge >= 0.3 is 0 Å². The van der Waals surface area contributed by atoms with Gasteiger partial charge in [-0.05, 0) is 29.7 Å². The molecule has 78 valence electrons. The molecule has 1 aromatic carbocycles. The Kier molecular flexibility index (Phi) is 3.69. The van der Waals surface area contributed by atoms with Gasteiger partial charge in [-0.25, -0.2) is 13.6 Å². The molecule has 0 unspecified atom stereocenters. The largest absolute Gasteiger partial charge is 0.228 e. The quantitative estimate of drug-likeness (QED) is 0.916. The lowest BCUT2D eigenvalue weighted by atomic mass is 10.1. The minimum Gasteiger partial charge on any atom is -0.228 e. The van der Waals surface area contributed by atoms with Crippen LogP contribution in [0.5, 0.6) is 0 Å². The number of benzene rings is 1. The molecule has 0 aromatic heterocycles. The highest BCUT2D eigenvalue weighted by Gasteiger charge is 2.08. The van der Waals surface area contributed by atoms with E-state index >= 15 is 0 Å². The van der Waals surface area contributed by atoms with Crippen molar-refractivity contribution in [3.63, 3.8) is 0 Å². The zero-order chi connectivity index (χ0) is 10.8. The average Bonchev–Trinajstić information content (AvgIpc) is 2.06. The number of rotatable bonds is 3. The van der Waals surface area contributed by atoms with Crippen molar-refractivity contribution in [2.45, 2.75) is 19.1 Å². The summed E-state index contributed by atoms with van der Waals surface area (Å²) in [7, 11) is -3.44. The van der Waals surface area contributed by atoms with E-state index in [1.807, 2.05) is 19.1 Å². The summed E-state index contributed by atoms with van der Waals surface area (Å²) in [6, 6.07) is 5.52.